The molecule has 0 aliphatic rings. The molecule has 0 saturated heterocycles. The smallest absolute Gasteiger partial charge is 0.264 e. The van der Waals surface area contributed by atoms with Crippen LogP contribution in [-0.2, 0) is 14.3 Å². The third-order valence-electron chi connectivity index (χ3n) is 1.01. The second-order valence-electron chi connectivity index (χ2n) is 3.63. The SMILES string of the molecule is CC(=O)NNC(=O)COC(C)(C)C. The van der Waals surface area contributed by atoms with Gasteiger partial charge < -0.3 is 4.74 Å². The average Bonchev–Trinajstić information content (AvgIpc) is 1.95. The van der Waals surface area contributed by atoms with E-state index < -0.39 is 0 Å². The molecule has 0 rings (SSSR count). The maximum absolute atomic E-state index is 10.9. The van der Waals surface area contributed by atoms with E-state index >= 15 is 0 Å². The standard InChI is InChI=1S/C8H16N2O3/c1-6(11)9-10-7(12)5-13-8(2,3)4/h5H2,1-4H3,(H,9,11)(H,10,12). The Bertz CT molecular complexity index is 196. The Balaban J connectivity index is 3.58. The van der Waals surface area contributed by atoms with Gasteiger partial charge in [-0.3, -0.25) is 20.4 Å². The van der Waals surface area contributed by atoms with E-state index in [0.717, 1.165) is 0 Å². The molecule has 76 valence electrons. The van der Waals surface area contributed by atoms with Gasteiger partial charge in [-0.25, -0.2) is 0 Å². The second-order valence-corrected chi connectivity index (χ2v) is 3.63. The minimum Gasteiger partial charge on any atom is -0.366 e. The van der Waals surface area contributed by atoms with Gasteiger partial charge in [0.05, 0.1) is 5.60 Å². The lowest BCUT2D eigenvalue weighted by atomic mass is 10.2. The largest absolute Gasteiger partial charge is 0.366 e. The lowest BCUT2D eigenvalue weighted by Gasteiger charge is -2.18. The lowest BCUT2D eigenvalue weighted by molar-refractivity contribution is -0.134. The molecule has 2 N–H and O–H groups in total. The Hall–Kier alpha value is -1.10. The molecule has 0 atom stereocenters. The molecule has 0 aliphatic carbocycles. The van der Waals surface area contributed by atoms with Crippen molar-refractivity contribution in [1.29, 1.82) is 0 Å². The zero-order valence-corrected chi connectivity index (χ0v) is 8.43. The number of carbonyl (C=O) groups excluding carboxylic acids is 2. The first kappa shape index (κ1) is 11.9. The summed E-state index contributed by atoms with van der Waals surface area (Å²) >= 11 is 0. The average molecular weight is 188 g/mol. The minimum atomic E-state index is -0.370. The van der Waals surface area contributed by atoms with Gasteiger partial charge in [0, 0.05) is 6.92 Å². The molecule has 0 aromatic heterocycles. The Morgan fingerprint density at radius 1 is 1.23 bits per heavy atom. The van der Waals surface area contributed by atoms with Crippen LogP contribution in [0.1, 0.15) is 27.7 Å². The quantitative estimate of drug-likeness (QED) is 0.598. The number of hydrogen-bond acceptors (Lipinski definition) is 3. The van der Waals surface area contributed by atoms with E-state index in [9.17, 15) is 9.59 Å². The number of rotatable bonds is 2. The number of hydrazine groups is 1. The van der Waals surface area contributed by atoms with Crippen LogP contribution in [0.3, 0.4) is 0 Å². The van der Waals surface area contributed by atoms with Crippen LogP contribution in [0.2, 0.25) is 0 Å². The Kier molecular flexibility index (Phi) is 4.40. The highest BCUT2D eigenvalue weighted by Crippen LogP contribution is 2.05. The molecule has 0 unspecified atom stereocenters. The van der Waals surface area contributed by atoms with Gasteiger partial charge in [-0.2, -0.15) is 0 Å². The minimum absolute atomic E-state index is 0.0657. The zero-order valence-electron chi connectivity index (χ0n) is 8.43. The zero-order chi connectivity index (χ0) is 10.5. The molecule has 0 aromatic rings. The summed E-state index contributed by atoms with van der Waals surface area (Å²) in [6.45, 7) is 6.78. The van der Waals surface area contributed by atoms with Crippen LogP contribution in [0, 0.1) is 0 Å². The third-order valence-corrected chi connectivity index (χ3v) is 1.01. The number of carbonyl (C=O) groups is 2. The maximum atomic E-state index is 10.9. The van der Waals surface area contributed by atoms with Gasteiger partial charge in [0.1, 0.15) is 6.61 Å². The second kappa shape index (κ2) is 4.81. The van der Waals surface area contributed by atoms with E-state index in [1.165, 1.54) is 6.92 Å². The summed E-state index contributed by atoms with van der Waals surface area (Å²) in [5.74, 6) is -0.686. The fraction of sp³-hybridized carbons (Fsp3) is 0.750. The molecule has 5 nitrogen and oxygen atoms in total. The highest BCUT2D eigenvalue weighted by Gasteiger charge is 2.12. The molecule has 5 heteroatoms. The van der Waals surface area contributed by atoms with Gasteiger partial charge in [0.15, 0.2) is 0 Å². The molecule has 0 bridgehead atoms. The fourth-order valence-electron chi connectivity index (χ4n) is 0.476. The lowest BCUT2D eigenvalue weighted by Crippen LogP contribution is -2.43. The Morgan fingerprint density at radius 3 is 2.15 bits per heavy atom. The van der Waals surface area contributed by atoms with Crippen molar-refractivity contribution in [2.24, 2.45) is 0 Å². The van der Waals surface area contributed by atoms with E-state index in [1.807, 2.05) is 20.8 Å². The maximum Gasteiger partial charge on any atom is 0.264 e. The van der Waals surface area contributed by atoms with Crippen LogP contribution in [0.15, 0.2) is 0 Å². The Morgan fingerprint density at radius 2 is 1.77 bits per heavy atom. The summed E-state index contributed by atoms with van der Waals surface area (Å²) < 4.78 is 5.16. The highest BCUT2D eigenvalue weighted by atomic mass is 16.5. The molecule has 0 spiro atoms. The van der Waals surface area contributed by atoms with E-state index in [4.69, 9.17) is 4.74 Å². The molecular weight excluding hydrogens is 172 g/mol. The van der Waals surface area contributed by atoms with Crippen molar-refractivity contribution in [3.8, 4) is 0 Å². The van der Waals surface area contributed by atoms with Crippen molar-refractivity contribution in [2.45, 2.75) is 33.3 Å². The van der Waals surface area contributed by atoms with Crippen LogP contribution in [0.25, 0.3) is 0 Å². The molecule has 0 radical (unpaired) electrons. The summed E-state index contributed by atoms with van der Waals surface area (Å²) in [6.07, 6.45) is 0. The molecule has 0 aliphatic heterocycles. The van der Waals surface area contributed by atoms with Gasteiger partial charge in [-0.1, -0.05) is 0 Å². The van der Waals surface area contributed by atoms with Gasteiger partial charge in [-0.05, 0) is 20.8 Å². The van der Waals surface area contributed by atoms with Crippen LogP contribution in [-0.4, -0.2) is 24.0 Å². The van der Waals surface area contributed by atoms with Crippen molar-refractivity contribution in [3.05, 3.63) is 0 Å². The molecule has 0 aromatic carbocycles. The Labute approximate surface area is 77.8 Å². The normalized spacial score (nSPS) is 10.8. The first-order valence-corrected chi connectivity index (χ1v) is 4.00. The van der Waals surface area contributed by atoms with Crippen LogP contribution in [0.5, 0.6) is 0 Å². The summed E-state index contributed by atoms with van der Waals surface area (Å²) in [4.78, 5) is 21.3. The van der Waals surface area contributed by atoms with E-state index in [0.29, 0.717) is 0 Å². The third kappa shape index (κ3) is 8.81. The van der Waals surface area contributed by atoms with Gasteiger partial charge in [0.25, 0.3) is 5.91 Å². The topological polar surface area (TPSA) is 67.4 Å². The summed E-state index contributed by atoms with van der Waals surface area (Å²) in [5, 5.41) is 0. The van der Waals surface area contributed by atoms with Gasteiger partial charge >= 0.3 is 0 Å². The predicted molar refractivity (Wildman–Crippen MR) is 47.7 cm³/mol. The molecule has 0 heterocycles. The van der Waals surface area contributed by atoms with E-state index in [2.05, 4.69) is 10.9 Å². The first-order chi connectivity index (χ1) is 5.81. The summed E-state index contributed by atoms with van der Waals surface area (Å²) in [7, 11) is 0. The van der Waals surface area contributed by atoms with E-state index in [1.54, 1.807) is 0 Å². The van der Waals surface area contributed by atoms with Crippen LogP contribution >= 0.6 is 0 Å². The molecule has 0 saturated carbocycles. The highest BCUT2D eigenvalue weighted by molar-refractivity contribution is 5.81. The van der Waals surface area contributed by atoms with Gasteiger partial charge in [0.2, 0.25) is 5.91 Å². The van der Waals surface area contributed by atoms with Crippen LogP contribution < -0.4 is 10.9 Å². The molecule has 13 heavy (non-hydrogen) atoms. The fourth-order valence-corrected chi connectivity index (χ4v) is 0.476. The number of ether oxygens (including phenoxy) is 1. The van der Waals surface area contributed by atoms with E-state index in [-0.39, 0.29) is 24.0 Å². The van der Waals surface area contributed by atoms with Crippen LogP contribution in [0.4, 0.5) is 0 Å². The van der Waals surface area contributed by atoms with Crippen molar-refractivity contribution in [3.63, 3.8) is 0 Å². The monoisotopic (exact) mass is 188 g/mol. The molecule has 2 amide bonds. The van der Waals surface area contributed by atoms with Crippen molar-refractivity contribution in [2.75, 3.05) is 6.61 Å². The van der Waals surface area contributed by atoms with Crippen molar-refractivity contribution < 1.29 is 14.3 Å². The summed E-state index contributed by atoms with van der Waals surface area (Å²) in [5.41, 5.74) is 4.00. The summed E-state index contributed by atoms with van der Waals surface area (Å²) in [6, 6.07) is 0. The number of hydrogen-bond donors (Lipinski definition) is 2. The molecule has 0 fully saturated rings. The van der Waals surface area contributed by atoms with Crippen molar-refractivity contribution >= 4 is 11.8 Å². The van der Waals surface area contributed by atoms with Gasteiger partial charge in [-0.15, -0.1) is 0 Å². The number of amides is 2. The number of nitrogens with one attached hydrogen (secondary N) is 2. The molecular formula is C8H16N2O3. The van der Waals surface area contributed by atoms with Crippen molar-refractivity contribution in [1.82, 2.24) is 10.9 Å². The first-order valence-electron chi connectivity index (χ1n) is 4.00. The predicted octanol–water partition coefficient (Wildman–Crippen LogP) is -0.0312.